The molecule has 5 nitrogen and oxygen atoms in total. The SMILES string of the molecule is C[N+]1(C)[C@@H]2CC(OC(=O)C(O)(c3cccs3)c3cccs3)C[C@H]1[C@@H]1O[C@@H]12.[Br-].[Ca+2].[H-].[H-].[H-].[Na+]. The van der Waals surface area contributed by atoms with Gasteiger partial charge in [0.2, 0.25) is 5.60 Å². The van der Waals surface area contributed by atoms with Crippen LogP contribution in [0.5, 0.6) is 0 Å². The fourth-order valence-corrected chi connectivity index (χ4v) is 6.54. The minimum absolute atomic E-state index is 0. The number of esters is 1. The standard InChI is InChI=1S/C19H22NO4S2.BrH.Ca.Na.3H/c1-20(2)12-9-11(10-13(20)17-16(12)24-17)23-18(21)19(22,14-5-3-7-25-14)15-6-4-8-26-15;;;;;;/h3-8,11-13,16-17,22H,9-10H2,1-2H3;1H;;;;;/q+1;;+2;+1;3*-1/p-1/t11?,12-,13+,16-,17+;;;;;;. The molecule has 0 aliphatic carbocycles. The molecule has 0 spiro atoms. The molecule has 3 aliphatic heterocycles. The Morgan fingerprint density at radius 3 is 2.07 bits per heavy atom. The molecule has 2 aromatic heterocycles. The molecule has 1 N–H and O–H groups in total. The van der Waals surface area contributed by atoms with Crippen molar-refractivity contribution < 1.29 is 74.7 Å². The fourth-order valence-electron chi connectivity index (χ4n) is 4.83. The van der Waals surface area contributed by atoms with Crippen molar-refractivity contribution in [2.75, 3.05) is 14.1 Å². The van der Waals surface area contributed by atoms with E-state index < -0.39 is 11.6 Å². The van der Waals surface area contributed by atoms with Gasteiger partial charge in [0.25, 0.3) is 0 Å². The van der Waals surface area contributed by atoms with Gasteiger partial charge in [-0.3, -0.25) is 0 Å². The van der Waals surface area contributed by atoms with Crippen LogP contribution in [-0.4, -0.2) is 97.8 Å². The van der Waals surface area contributed by atoms with Crippen LogP contribution >= 0.6 is 22.7 Å². The summed E-state index contributed by atoms with van der Waals surface area (Å²) in [5.41, 5.74) is -1.72. The maximum Gasteiger partial charge on any atom is 2.00 e. The van der Waals surface area contributed by atoms with Gasteiger partial charge in [0, 0.05) is 12.8 Å². The maximum absolute atomic E-state index is 13.1. The van der Waals surface area contributed by atoms with Crippen molar-refractivity contribution in [3.8, 4) is 0 Å². The summed E-state index contributed by atoms with van der Waals surface area (Å²) >= 11 is 2.74. The molecule has 1 unspecified atom stereocenters. The second-order valence-corrected chi connectivity index (χ2v) is 9.89. The molecule has 3 saturated heterocycles. The van der Waals surface area contributed by atoms with Crippen molar-refractivity contribution in [2.45, 2.75) is 48.8 Å². The van der Waals surface area contributed by atoms with E-state index in [4.69, 9.17) is 9.47 Å². The first-order valence-corrected chi connectivity index (χ1v) is 10.7. The van der Waals surface area contributed by atoms with Crippen LogP contribution in [0.2, 0.25) is 0 Å². The zero-order valence-corrected chi connectivity index (χ0v) is 24.2. The number of hydrogen-bond acceptors (Lipinski definition) is 6. The number of hydrogen-bond donors (Lipinski definition) is 1. The van der Waals surface area contributed by atoms with Crippen LogP contribution in [0.25, 0.3) is 0 Å². The minimum Gasteiger partial charge on any atom is -1.00 e. The van der Waals surface area contributed by atoms with Gasteiger partial charge in [-0.05, 0) is 22.9 Å². The number of morpholine rings is 1. The van der Waals surface area contributed by atoms with Gasteiger partial charge in [-0.25, -0.2) is 4.79 Å². The number of epoxide rings is 1. The van der Waals surface area contributed by atoms with Gasteiger partial charge < -0.3 is 40.3 Å². The molecule has 152 valence electrons. The van der Waals surface area contributed by atoms with Gasteiger partial charge in [0.1, 0.15) is 30.4 Å². The number of ether oxygens (including phenoxy) is 2. The van der Waals surface area contributed by atoms with E-state index in [1.807, 2.05) is 22.9 Å². The third kappa shape index (κ3) is 4.36. The number of carbonyl (C=O) groups is 1. The summed E-state index contributed by atoms with van der Waals surface area (Å²) < 4.78 is 12.6. The van der Waals surface area contributed by atoms with E-state index in [0.29, 0.717) is 34.0 Å². The van der Waals surface area contributed by atoms with E-state index >= 15 is 0 Å². The number of carbonyl (C=O) groups excluding carboxylic acids is 1. The van der Waals surface area contributed by atoms with Crippen molar-refractivity contribution in [3.05, 3.63) is 44.8 Å². The third-order valence-corrected chi connectivity index (χ3v) is 8.32. The quantitative estimate of drug-likeness (QED) is 0.189. The van der Waals surface area contributed by atoms with Gasteiger partial charge in [0.15, 0.2) is 0 Å². The summed E-state index contributed by atoms with van der Waals surface area (Å²) in [7, 11) is 4.49. The van der Waals surface area contributed by atoms with E-state index in [0.717, 1.165) is 17.3 Å². The van der Waals surface area contributed by atoms with Crippen LogP contribution in [-0.2, 0) is 19.9 Å². The molecule has 3 fully saturated rings. The summed E-state index contributed by atoms with van der Waals surface area (Å²) in [4.78, 5) is 14.3. The first kappa shape index (κ1) is 26.7. The van der Waals surface area contributed by atoms with Gasteiger partial charge in [-0.2, -0.15) is 0 Å². The Kier molecular flexibility index (Phi) is 9.01. The molecule has 5 atom stereocenters. The Balaban J connectivity index is 0. The number of halogens is 1. The molecule has 10 heteroatoms. The second kappa shape index (κ2) is 9.77. The molecule has 0 saturated carbocycles. The number of aliphatic hydroxyl groups is 1. The average Bonchev–Trinajstić information content (AvgIpc) is 2.98. The van der Waals surface area contributed by atoms with E-state index in [-0.39, 0.29) is 94.7 Å². The number of rotatable bonds is 4. The average molecular weight is 539 g/mol. The number of likely N-dealkylation sites (N-methyl/N-ethyl adjacent to an activating group) is 1. The Bertz CT molecular complexity index is 796. The molecule has 5 heterocycles. The smallest absolute Gasteiger partial charge is 1.00 e. The minimum atomic E-state index is -1.72. The van der Waals surface area contributed by atoms with Crippen LogP contribution < -0.4 is 46.5 Å². The van der Waals surface area contributed by atoms with E-state index in [9.17, 15) is 9.90 Å². The van der Waals surface area contributed by atoms with Gasteiger partial charge >= 0.3 is 73.3 Å². The van der Waals surface area contributed by atoms with Crippen molar-refractivity contribution in [1.82, 2.24) is 0 Å². The first-order valence-electron chi connectivity index (χ1n) is 8.92. The molecule has 29 heavy (non-hydrogen) atoms. The fraction of sp³-hybridized carbons (Fsp3) is 0.526. The normalized spacial score (nSPS) is 30.8. The topological polar surface area (TPSA) is 59.1 Å². The van der Waals surface area contributed by atoms with Gasteiger partial charge in [0.05, 0.1) is 23.8 Å². The van der Waals surface area contributed by atoms with E-state index in [2.05, 4.69) is 14.1 Å². The first-order chi connectivity index (χ1) is 12.4. The monoisotopic (exact) mass is 537 g/mol. The third-order valence-electron chi connectivity index (χ3n) is 6.36. The van der Waals surface area contributed by atoms with Crippen LogP contribution in [0, 0.1) is 0 Å². The summed E-state index contributed by atoms with van der Waals surface area (Å²) in [5.74, 6) is -0.561. The number of quaternary nitrogens is 1. The van der Waals surface area contributed by atoms with Crippen molar-refractivity contribution in [1.29, 1.82) is 0 Å². The molecule has 2 bridgehead atoms. The van der Waals surface area contributed by atoms with Crippen LogP contribution in [0.1, 0.15) is 26.9 Å². The van der Waals surface area contributed by atoms with Crippen molar-refractivity contribution in [2.24, 2.45) is 0 Å². The summed E-state index contributed by atoms with van der Waals surface area (Å²) in [6, 6.07) is 8.01. The molecule has 2 aromatic rings. The summed E-state index contributed by atoms with van der Waals surface area (Å²) in [5, 5.41) is 15.1. The Morgan fingerprint density at radius 1 is 1.17 bits per heavy atom. The number of thiophene rings is 2. The predicted molar refractivity (Wildman–Crippen MR) is 108 cm³/mol. The van der Waals surface area contributed by atoms with Crippen LogP contribution in [0.15, 0.2) is 35.0 Å². The van der Waals surface area contributed by atoms with Gasteiger partial charge in [-0.15, -0.1) is 22.7 Å². The number of fused-ring (bicyclic) bond motifs is 5. The molecule has 0 aromatic carbocycles. The van der Waals surface area contributed by atoms with Crippen molar-refractivity contribution in [3.63, 3.8) is 0 Å². The number of piperidine rings is 1. The summed E-state index contributed by atoms with van der Waals surface area (Å²) in [6.45, 7) is 0. The number of nitrogens with zero attached hydrogens (tertiary/aromatic N) is 1. The Morgan fingerprint density at radius 2 is 1.66 bits per heavy atom. The van der Waals surface area contributed by atoms with Gasteiger partial charge in [-0.1, -0.05) is 12.1 Å². The summed E-state index contributed by atoms with van der Waals surface area (Å²) in [6.07, 6.45) is 2.05. The largest absolute Gasteiger partial charge is 2.00 e. The molecule has 0 amide bonds. The molecular formula is C19H25BrCaNNaO4S2. The zero-order valence-electron chi connectivity index (χ0n) is 19.8. The predicted octanol–water partition coefficient (Wildman–Crippen LogP) is -3.69. The maximum atomic E-state index is 13.1. The Labute approximate surface area is 245 Å². The molecule has 3 aliphatic rings. The van der Waals surface area contributed by atoms with E-state index in [1.54, 1.807) is 12.1 Å². The molecular weight excluding hydrogens is 513 g/mol. The second-order valence-electron chi connectivity index (χ2n) is 7.99. The van der Waals surface area contributed by atoms with Crippen LogP contribution in [0.4, 0.5) is 0 Å². The molecule has 0 radical (unpaired) electrons. The zero-order chi connectivity index (χ0) is 18.1. The molecule has 5 rings (SSSR count). The van der Waals surface area contributed by atoms with Crippen molar-refractivity contribution >= 4 is 66.4 Å². The Hall–Kier alpha value is 1.49. The van der Waals surface area contributed by atoms with Crippen LogP contribution in [0.3, 0.4) is 0 Å². The van der Waals surface area contributed by atoms with E-state index in [1.165, 1.54) is 22.7 Å².